The molecule has 1 rings (SSSR count). The number of rotatable bonds is 6. The molecule has 0 radical (unpaired) electrons. The highest BCUT2D eigenvalue weighted by Crippen LogP contribution is 2.15. The predicted octanol–water partition coefficient (Wildman–Crippen LogP) is 2.18. The van der Waals surface area contributed by atoms with Crippen LogP contribution in [0.25, 0.3) is 0 Å². The molecule has 0 heterocycles. The van der Waals surface area contributed by atoms with E-state index < -0.39 is 23.4 Å². The smallest absolute Gasteiger partial charge is 0.317 e. The van der Waals surface area contributed by atoms with Crippen LogP contribution in [0.4, 0.5) is 13.2 Å². The average molecular weight is 259 g/mol. The zero-order chi connectivity index (χ0) is 13.7. The molecule has 0 saturated heterocycles. The van der Waals surface area contributed by atoms with Crippen LogP contribution in [0, 0.1) is 17.5 Å². The Hall–Kier alpha value is -1.82. The lowest BCUT2D eigenvalue weighted by Crippen LogP contribution is -2.29. The third-order valence-corrected chi connectivity index (χ3v) is 2.23. The van der Waals surface area contributed by atoms with E-state index in [1.54, 1.807) is 0 Å². The molecule has 0 unspecified atom stereocenters. The van der Waals surface area contributed by atoms with Crippen molar-refractivity contribution in [2.24, 2.45) is 0 Å². The van der Waals surface area contributed by atoms with Gasteiger partial charge in [0.05, 0.1) is 6.54 Å². The Balaban J connectivity index is 2.89. The summed E-state index contributed by atoms with van der Waals surface area (Å²) in [5.41, 5.74) is -0.1000. The number of hydrogen-bond donors (Lipinski definition) is 1. The molecule has 0 bridgehead atoms. The molecule has 0 atom stereocenters. The standard InChI is InChI=1S/C12H12F3NO2/c1-2-3-16(7-12(17)18)6-8-4-10(14)11(15)5-9(8)13/h2,4-5H,1,3,6-7H2,(H,17,18). The monoisotopic (exact) mass is 259 g/mol. The predicted molar refractivity (Wildman–Crippen MR) is 59.4 cm³/mol. The highest BCUT2D eigenvalue weighted by Gasteiger charge is 2.14. The Kier molecular flexibility index (Phi) is 4.91. The van der Waals surface area contributed by atoms with E-state index in [-0.39, 0.29) is 25.2 Å². The second-order valence-electron chi connectivity index (χ2n) is 3.71. The van der Waals surface area contributed by atoms with Gasteiger partial charge in [-0.05, 0) is 6.07 Å². The molecular formula is C12H12F3NO2. The van der Waals surface area contributed by atoms with Crippen molar-refractivity contribution in [1.82, 2.24) is 4.90 Å². The molecule has 1 aromatic rings. The first-order chi connectivity index (χ1) is 8.43. The van der Waals surface area contributed by atoms with Crippen LogP contribution < -0.4 is 0 Å². The fourth-order valence-electron chi connectivity index (χ4n) is 1.48. The molecule has 3 nitrogen and oxygen atoms in total. The summed E-state index contributed by atoms with van der Waals surface area (Å²) in [6.45, 7) is 3.16. The SMILES string of the molecule is C=CCN(CC(=O)O)Cc1cc(F)c(F)cc1F. The molecule has 98 valence electrons. The number of carbonyl (C=O) groups is 1. The molecule has 0 aromatic heterocycles. The maximum atomic E-state index is 13.4. The van der Waals surface area contributed by atoms with E-state index in [9.17, 15) is 18.0 Å². The number of hydrogen-bond acceptors (Lipinski definition) is 2. The summed E-state index contributed by atoms with van der Waals surface area (Å²) in [5.74, 6) is -4.45. The molecule has 1 N–H and O–H groups in total. The Bertz CT molecular complexity index is 463. The van der Waals surface area contributed by atoms with Gasteiger partial charge in [-0.25, -0.2) is 13.2 Å². The fourth-order valence-corrected chi connectivity index (χ4v) is 1.48. The Labute approximate surface area is 102 Å². The maximum Gasteiger partial charge on any atom is 0.317 e. The minimum atomic E-state index is -1.27. The number of carboxylic acids is 1. The molecule has 0 aliphatic rings. The summed E-state index contributed by atoms with van der Waals surface area (Å²) >= 11 is 0. The van der Waals surface area contributed by atoms with Gasteiger partial charge in [0.25, 0.3) is 0 Å². The molecule has 0 aliphatic heterocycles. The van der Waals surface area contributed by atoms with Crippen molar-refractivity contribution >= 4 is 5.97 Å². The largest absolute Gasteiger partial charge is 0.480 e. The van der Waals surface area contributed by atoms with Crippen LogP contribution in [0.3, 0.4) is 0 Å². The number of halogens is 3. The maximum absolute atomic E-state index is 13.4. The van der Waals surface area contributed by atoms with Crippen LogP contribution in [0.5, 0.6) is 0 Å². The van der Waals surface area contributed by atoms with Gasteiger partial charge in [0.1, 0.15) is 5.82 Å². The van der Waals surface area contributed by atoms with Crippen molar-refractivity contribution in [1.29, 1.82) is 0 Å². The number of nitrogens with zero attached hydrogens (tertiary/aromatic N) is 1. The second kappa shape index (κ2) is 6.20. The highest BCUT2D eigenvalue weighted by molar-refractivity contribution is 5.69. The molecule has 0 aliphatic carbocycles. The molecule has 1 aromatic carbocycles. The van der Waals surface area contributed by atoms with Crippen LogP contribution in [-0.2, 0) is 11.3 Å². The lowest BCUT2D eigenvalue weighted by atomic mass is 10.2. The van der Waals surface area contributed by atoms with Gasteiger partial charge in [-0.15, -0.1) is 6.58 Å². The summed E-state index contributed by atoms with van der Waals surface area (Å²) < 4.78 is 39.0. The van der Waals surface area contributed by atoms with Crippen LogP contribution in [0.15, 0.2) is 24.8 Å². The van der Waals surface area contributed by atoms with E-state index in [4.69, 9.17) is 5.11 Å². The first-order valence-electron chi connectivity index (χ1n) is 5.12. The number of benzene rings is 1. The number of aliphatic carboxylic acids is 1. The van der Waals surface area contributed by atoms with Gasteiger partial charge in [-0.2, -0.15) is 0 Å². The third-order valence-electron chi connectivity index (χ3n) is 2.23. The quantitative estimate of drug-likeness (QED) is 0.628. The van der Waals surface area contributed by atoms with Gasteiger partial charge < -0.3 is 5.11 Å². The Morgan fingerprint density at radius 2 is 1.89 bits per heavy atom. The molecule has 6 heteroatoms. The van der Waals surface area contributed by atoms with Gasteiger partial charge in [-0.3, -0.25) is 9.69 Å². The minimum absolute atomic E-state index is 0.1000. The first-order valence-corrected chi connectivity index (χ1v) is 5.12. The van der Waals surface area contributed by atoms with E-state index in [0.717, 1.165) is 6.07 Å². The lowest BCUT2D eigenvalue weighted by Gasteiger charge is -2.18. The highest BCUT2D eigenvalue weighted by atomic mass is 19.2. The van der Waals surface area contributed by atoms with Crippen LogP contribution >= 0.6 is 0 Å². The summed E-state index contributed by atoms with van der Waals surface area (Å²) in [6, 6.07) is 1.17. The average Bonchev–Trinajstić information content (AvgIpc) is 2.25. The van der Waals surface area contributed by atoms with E-state index >= 15 is 0 Å². The number of carboxylic acid groups (broad SMARTS) is 1. The molecule has 18 heavy (non-hydrogen) atoms. The van der Waals surface area contributed by atoms with Crippen molar-refractivity contribution in [3.05, 3.63) is 47.8 Å². The zero-order valence-corrected chi connectivity index (χ0v) is 9.50. The van der Waals surface area contributed by atoms with Crippen molar-refractivity contribution in [3.63, 3.8) is 0 Å². The molecule has 0 saturated carbocycles. The van der Waals surface area contributed by atoms with E-state index in [1.165, 1.54) is 11.0 Å². The van der Waals surface area contributed by atoms with Crippen molar-refractivity contribution < 1.29 is 23.1 Å². The van der Waals surface area contributed by atoms with Crippen molar-refractivity contribution in [2.45, 2.75) is 6.54 Å². The van der Waals surface area contributed by atoms with Gasteiger partial charge in [0.2, 0.25) is 0 Å². The summed E-state index contributed by atoms with van der Waals surface area (Å²) in [7, 11) is 0. The topological polar surface area (TPSA) is 40.5 Å². The molecule has 0 amide bonds. The fraction of sp³-hybridized carbons (Fsp3) is 0.250. The first kappa shape index (κ1) is 14.2. The van der Waals surface area contributed by atoms with E-state index in [2.05, 4.69) is 6.58 Å². The second-order valence-corrected chi connectivity index (χ2v) is 3.71. The van der Waals surface area contributed by atoms with Crippen LogP contribution in [-0.4, -0.2) is 29.1 Å². The molecule has 0 spiro atoms. The lowest BCUT2D eigenvalue weighted by molar-refractivity contribution is -0.138. The van der Waals surface area contributed by atoms with Crippen molar-refractivity contribution in [3.8, 4) is 0 Å². The van der Waals surface area contributed by atoms with Gasteiger partial charge in [0, 0.05) is 24.7 Å². The van der Waals surface area contributed by atoms with Gasteiger partial charge >= 0.3 is 5.97 Å². The summed E-state index contributed by atoms with van der Waals surface area (Å²) in [5, 5.41) is 8.65. The Morgan fingerprint density at radius 3 is 2.44 bits per heavy atom. The third kappa shape index (κ3) is 3.89. The van der Waals surface area contributed by atoms with E-state index in [1.807, 2.05) is 0 Å². The summed E-state index contributed by atoms with van der Waals surface area (Å²) in [6.07, 6.45) is 1.45. The summed E-state index contributed by atoms with van der Waals surface area (Å²) in [4.78, 5) is 11.9. The molecular weight excluding hydrogens is 247 g/mol. The molecule has 0 fully saturated rings. The van der Waals surface area contributed by atoms with Crippen LogP contribution in [0.1, 0.15) is 5.56 Å². The van der Waals surface area contributed by atoms with E-state index in [0.29, 0.717) is 6.07 Å². The van der Waals surface area contributed by atoms with Crippen LogP contribution in [0.2, 0.25) is 0 Å². The zero-order valence-electron chi connectivity index (χ0n) is 9.50. The van der Waals surface area contributed by atoms with Crippen molar-refractivity contribution in [2.75, 3.05) is 13.1 Å². The van der Waals surface area contributed by atoms with Gasteiger partial charge in [0.15, 0.2) is 11.6 Å². The minimum Gasteiger partial charge on any atom is -0.480 e. The van der Waals surface area contributed by atoms with Gasteiger partial charge in [-0.1, -0.05) is 6.08 Å². The normalized spacial score (nSPS) is 10.7. The Morgan fingerprint density at radius 1 is 1.28 bits per heavy atom.